The molecule has 2 rings (SSSR count). The van der Waals surface area contributed by atoms with Gasteiger partial charge in [-0.25, -0.2) is 19.9 Å². The number of hydrogen-bond donors (Lipinski definition) is 1. The molecule has 0 bridgehead atoms. The van der Waals surface area contributed by atoms with Gasteiger partial charge in [-0.1, -0.05) is 13.8 Å². The summed E-state index contributed by atoms with van der Waals surface area (Å²) in [7, 11) is 0. The first-order valence-corrected chi connectivity index (χ1v) is 8.74. The average Bonchev–Trinajstić information content (AvgIpc) is 2.54. The smallest absolute Gasteiger partial charge is 0.393 e. The molecule has 0 aromatic carbocycles. The maximum absolute atomic E-state index is 12.4. The topological polar surface area (TPSA) is 71.8 Å². The SMILES string of the molecule is CC(C)c1cnc(Cl)nc1C(F)(F)F.CC(O)Cc1cnc(Cl)nc1C(F)(F)F. The number of nitrogens with zero attached hydrogens (tertiary/aromatic N) is 4. The predicted octanol–water partition coefficient (Wildman–Crippen LogP) is 5.34. The number of aliphatic hydroxyl groups excluding tert-OH is 1. The molecule has 2 heterocycles. The first-order chi connectivity index (χ1) is 13.1. The first kappa shape index (κ1) is 25.3. The van der Waals surface area contributed by atoms with E-state index in [1.165, 1.54) is 6.92 Å². The van der Waals surface area contributed by atoms with E-state index in [2.05, 4.69) is 19.9 Å². The zero-order valence-electron chi connectivity index (χ0n) is 15.3. The zero-order chi connectivity index (χ0) is 22.6. The minimum Gasteiger partial charge on any atom is -0.393 e. The Kier molecular flexibility index (Phi) is 8.60. The Hall–Kier alpha value is -1.72. The van der Waals surface area contributed by atoms with Crippen LogP contribution in [-0.4, -0.2) is 31.1 Å². The van der Waals surface area contributed by atoms with Crippen LogP contribution >= 0.6 is 23.2 Å². The summed E-state index contributed by atoms with van der Waals surface area (Å²) in [5, 5.41) is 8.16. The van der Waals surface area contributed by atoms with Crippen molar-refractivity contribution in [3.05, 3.63) is 45.5 Å². The first-order valence-electron chi connectivity index (χ1n) is 7.99. The third-order valence-corrected chi connectivity index (χ3v) is 3.66. The largest absolute Gasteiger partial charge is 0.433 e. The Bertz CT molecular complexity index is 828. The van der Waals surface area contributed by atoms with Crippen LogP contribution in [0.25, 0.3) is 0 Å². The van der Waals surface area contributed by atoms with Crippen LogP contribution in [0, 0.1) is 0 Å². The van der Waals surface area contributed by atoms with E-state index < -0.39 is 35.1 Å². The van der Waals surface area contributed by atoms with Crippen LogP contribution in [0.5, 0.6) is 0 Å². The van der Waals surface area contributed by atoms with Crippen LogP contribution in [-0.2, 0) is 18.8 Å². The highest BCUT2D eigenvalue weighted by atomic mass is 35.5. The van der Waals surface area contributed by atoms with Crippen LogP contribution in [0.2, 0.25) is 10.6 Å². The van der Waals surface area contributed by atoms with E-state index >= 15 is 0 Å². The van der Waals surface area contributed by atoms with Gasteiger partial charge in [-0.15, -0.1) is 0 Å². The number of alkyl halides is 6. The molecule has 2 aromatic rings. The Morgan fingerprint density at radius 3 is 1.72 bits per heavy atom. The lowest BCUT2D eigenvalue weighted by molar-refractivity contribution is -0.142. The van der Waals surface area contributed by atoms with E-state index in [-0.39, 0.29) is 28.7 Å². The van der Waals surface area contributed by atoms with Crippen LogP contribution in [0.4, 0.5) is 26.3 Å². The molecule has 0 amide bonds. The second-order valence-electron chi connectivity index (χ2n) is 6.16. The van der Waals surface area contributed by atoms with Crippen molar-refractivity contribution in [1.82, 2.24) is 19.9 Å². The van der Waals surface area contributed by atoms with Gasteiger partial charge in [0.25, 0.3) is 0 Å². The fraction of sp³-hybridized carbons (Fsp3) is 0.500. The Morgan fingerprint density at radius 1 is 0.862 bits per heavy atom. The van der Waals surface area contributed by atoms with E-state index in [1.807, 2.05) is 0 Å². The lowest BCUT2D eigenvalue weighted by atomic mass is 10.0. The quantitative estimate of drug-likeness (QED) is 0.489. The molecule has 13 heteroatoms. The van der Waals surface area contributed by atoms with E-state index in [9.17, 15) is 26.3 Å². The van der Waals surface area contributed by atoms with Gasteiger partial charge in [0.2, 0.25) is 10.6 Å². The Morgan fingerprint density at radius 2 is 1.31 bits per heavy atom. The van der Waals surface area contributed by atoms with Gasteiger partial charge in [0, 0.05) is 29.9 Å². The number of aliphatic hydroxyl groups is 1. The molecule has 1 unspecified atom stereocenters. The fourth-order valence-electron chi connectivity index (χ4n) is 2.12. The predicted molar refractivity (Wildman–Crippen MR) is 93.6 cm³/mol. The summed E-state index contributed by atoms with van der Waals surface area (Å²) < 4.78 is 74.7. The van der Waals surface area contributed by atoms with E-state index in [0.717, 1.165) is 12.4 Å². The van der Waals surface area contributed by atoms with Gasteiger partial charge < -0.3 is 5.11 Å². The Balaban J connectivity index is 0.000000291. The average molecular weight is 465 g/mol. The highest BCUT2D eigenvalue weighted by molar-refractivity contribution is 6.28. The van der Waals surface area contributed by atoms with Gasteiger partial charge in [-0.3, -0.25) is 0 Å². The zero-order valence-corrected chi connectivity index (χ0v) is 16.8. The summed E-state index contributed by atoms with van der Waals surface area (Å²) in [6.45, 7) is 4.67. The van der Waals surface area contributed by atoms with Gasteiger partial charge in [-0.05, 0) is 36.0 Å². The number of aromatic nitrogens is 4. The molecule has 0 radical (unpaired) electrons. The minimum absolute atomic E-state index is 0.0573. The lowest BCUT2D eigenvalue weighted by Gasteiger charge is -2.13. The molecule has 1 atom stereocenters. The van der Waals surface area contributed by atoms with Gasteiger partial charge in [-0.2, -0.15) is 26.3 Å². The fourth-order valence-corrected chi connectivity index (χ4v) is 2.38. The molecule has 29 heavy (non-hydrogen) atoms. The highest BCUT2D eigenvalue weighted by Gasteiger charge is 2.37. The number of halogens is 8. The molecular weight excluding hydrogens is 449 g/mol. The standard InChI is InChI=1S/C8H8ClF3N2O.C8H8ClF3N2/c1-4(15)2-5-3-13-7(9)14-6(5)8(10,11)12;1-4(2)5-3-13-7(9)14-6(5)8(10,11)12/h3-4,15H,2H2,1H3;3-4H,1-2H3. The van der Waals surface area contributed by atoms with Crippen LogP contribution in [0.15, 0.2) is 12.4 Å². The Labute approximate surface area is 172 Å². The molecule has 5 nitrogen and oxygen atoms in total. The summed E-state index contributed by atoms with van der Waals surface area (Å²) in [5.41, 5.74) is -2.15. The maximum Gasteiger partial charge on any atom is 0.433 e. The lowest BCUT2D eigenvalue weighted by Crippen LogP contribution is -2.16. The molecule has 0 fully saturated rings. The molecule has 2 aromatic heterocycles. The van der Waals surface area contributed by atoms with Crippen LogP contribution in [0.3, 0.4) is 0 Å². The van der Waals surface area contributed by atoms with Crippen LogP contribution in [0.1, 0.15) is 49.2 Å². The molecule has 0 saturated heterocycles. The summed E-state index contributed by atoms with van der Waals surface area (Å²) >= 11 is 10.6. The monoisotopic (exact) mass is 464 g/mol. The normalized spacial score (nSPS) is 13.1. The van der Waals surface area contributed by atoms with Gasteiger partial charge in [0.1, 0.15) is 0 Å². The van der Waals surface area contributed by atoms with Crippen molar-refractivity contribution in [1.29, 1.82) is 0 Å². The molecule has 0 aliphatic rings. The van der Waals surface area contributed by atoms with Crippen LogP contribution < -0.4 is 0 Å². The molecule has 0 aliphatic carbocycles. The number of hydrogen-bond acceptors (Lipinski definition) is 5. The molecule has 162 valence electrons. The van der Waals surface area contributed by atoms with Crippen molar-refractivity contribution in [2.75, 3.05) is 0 Å². The van der Waals surface area contributed by atoms with E-state index in [4.69, 9.17) is 28.3 Å². The van der Waals surface area contributed by atoms with Crippen molar-refractivity contribution in [3.8, 4) is 0 Å². The summed E-state index contributed by atoms with van der Waals surface area (Å²) in [5.74, 6) is -0.288. The highest BCUT2D eigenvalue weighted by Crippen LogP contribution is 2.34. The third kappa shape index (κ3) is 7.90. The van der Waals surface area contributed by atoms with Crippen molar-refractivity contribution in [3.63, 3.8) is 0 Å². The maximum atomic E-state index is 12.4. The molecular formula is C16H16Cl2F6N4O. The van der Waals surface area contributed by atoms with Crippen molar-refractivity contribution in [2.45, 2.75) is 51.6 Å². The molecule has 0 spiro atoms. The third-order valence-electron chi connectivity index (χ3n) is 3.30. The van der Waals surface area contributed by atoms with E-state index in [1.54, 1.807) is 13.8 Å². The van der Waals surface area contributed by atoms with Crippen molar-refractivity contribution in [2.24, 2.45) is 0 Å². The second kappa shape index (κ2) is 9.86. The summed E-state index contributed by atoms with van der Waals surface area (Å²) in [6.07, 6.45) is -8.03. The molecule has 0 saturated carbocycles. The van der Waals surface area contributed by atoms with Gasteiger partial charge >= 0.3 is 12.4 Å². The van der Waals surface area contributed by atoms with Crippen molar-refractivity contribution >= 4 is 23.2 Å². The molecule has 1 N–H and O–H groups in total. The minimum atomic E-state index is -4.59. The molecule has 0 aliphatic heterocycles. The summed E-state index contributed by atoms with van der Waals surface area (Å²) in [6, 6.07) is 0. The summed E-state index contributed by atoms with van der Waals surface area (Å²) in [4.78, 5) is 13.3. The van der Waals surface area contributed by atoms with E-state index in [0.29, 0.717) is 0 Å². The van der Waals surface area contributed by atoms with Gasteiger partial charge in [0.15, 0.2) is 11.4 Å². The van der Waals surface area contributed by atoms with Gasteiger partial charge in [0.05, 0.1) is 6.10 Å². The second-order valence-corrected chi connectivity index (χ2v) is 6.84. The number of rotatable bonds is 3. The van der Waals surface area contributed by atoms with Crippen molar-refractivity contribution < 1.29 is 31.4 Å².